The summed E-state index contributed by atoms with van der Waals surface area (Å²) in [5.74, 6) is 0.882. The molecule has 1 amide bonds. The molecule has 0 unspecified atom stereocenters. The minimum atomic E-state index is -0.232. The number of benzene rings is 1. The summed E-state index contributed by atoms with van der Waals surface area (Å²) in [5.41, 5.74) is 2.34. The van der Waals surface area contributed by atoms with Crippen LogP contribution in [-0.4, -0.2) is 67.8 Å². The molecule has 0 spiro atoms. The van der Waals surface area contributed by atoms with Gasteiger partial charge in [-0.15, -0.1) is 0 Å². The molecule has 2 rings (SSSR count). The number of aliphatic imine (C=N–C) groups is 1. The lowest BCUT2D eigenvalue weighted by molar-refractivity contribution is 0.0914. The molecule has 1 aliphatic heterocycles. The standard InChI is InChI=1S/C20H32N4O3/c1-4-21-19(23-11-13-24(14-12-23)20(25)27-6-3)22-15-17-9-7-8-10-18(17)16-26-5-2/h7-10H,4-6,11-16H2,1-3H3,(H,21,22). The van der Waals surface area contributed by atoms with Crippen LogP contribution in [0.25, 0.3) is 0 Å². The predicted octanol–water partition coefficient (Wildman–Crippen LogP) is 2.46. The number of rotatable bonds is 7. The average Bonchev–Trinajstić information content (AvgIpc) is 2.70. The second kappa shape index (κ2) is 11.4. The number of nitrogens with one attached hydrogen (secondary N) is 1. The lowest BCUT2D eigenvalue weighted by atomic mass is 10.1. The van der Waals surface area contributed by atoms with Crippen molar-refractivity contribution in [1.82, 2.24) is 15.1 Å². The molecule has 1 fully saturated rings. The fourth-order valence-corrected chi connectivity index (χ4v) is 2.97. The minimum absolute atomic E-state index is 0.232. The Hall–Kier alpha value is -2.28. The summed E-state index contributed by atoms with van der Waals surface area (Å²) in [4.78, 5) is 20.6. The molecule has 1 heterocycles. The van der Waals surface area contributed by atoms with E-state index in [1.54, 1.807) is 4.90 Å². The van der Waals surface area contributed by atoms with Crippen molar-refractivity contribution in [3.8, 4) is 0 Å². The van der Waals surface area contributed by atoms with Gasteiger partial charge in [0.1, 0.15) is 0 Å². The highest BCUT2D eigenvalue weighted by atomic mass is 16.6. The third kappa shape index (κ3) is 6.43. The highest BCUT2D eigenvalue weighted by Crippen LogP contribution is 2.12. The molecule has 1 aliphatic rings. The number of piperazine rings is 1. The fraction of sp³-hybridized carbons (Fsp3) is 0.600. The Morgan fingerprint density at radius 1 is 1.04 bits per heavy atom. The SMILES string of the molecule is CCNC(=NCc1ccccc1COCC)N1CCN(C(=O)OCC)CC1. The molecule has 0 aromatic heterocycles. The van der Waals surface area contributed by atoms with Crippen LogP contribution in [0.1, 0.15) is 31.9 Å². The van der Waals surface area contributed by atoms with E-state index in [4.69, 9.17) is 14.5 Å². The highest BCUT2D eigenvalue weighted by Gasteiger charge is 2.23. The monoisotopic (exact) mass is 376 g/mol. The summed E-state index contributed by atoms with van der Waals surface area (Å²) >= 11 is 0. The van der Waals surface area contributed by atoms with Crippen molar-refractivity contribution < 1.29 is 14.3 Å². The van der Waals surface area contributed by atoms with Crippen molar-refractivity contribution in [2.75, 3.05) is 45.9 Å². The van der Waals surface area contributed by atoms with E-state index in [1.807, 2.05) is 26.0 Å². The van der Waals surface area contributed by atoms with E-state index < -0.39 is 0 Å². The maximum absolute atomic E-state index is 11.9. The van der Waals surface area contributed by atoms with Gasteiger partial charge in [-0.1, -0.05) is 24.3 Å². The number of guanidine groups is 1. The highest BCUT2D eigenvalue weighted by molar-refractivity contribution is 5.80. The fourth-order valence-electron chi connectivity index (χ4n) is 2.97. The molecule has 7 nitrogen and oxygen atoms in total. The van der Waals surface area contributed by atoms with Gasteiger partial charge in [0, 0.05) is 39.3 Å². The molecular formula is C20H32N4O3. The third-order valence-electron chi connectivity index (χ3n) is 4.42. The zero-order valence-corrected chi connectivity index (χ0v) is 16.7. The maximum Gasteiger partial charge on any atom is 0.409 e. The molecule has 27 heavy (non-hydrogen) atoms. The van der Waals surface area contributed by atoms with E-state index in [1.165, 1.54) is 11.1 Å². The van der Waals surface area contributed by atoms with Crippen molar-refractivity contribution in [3.63, 3.8) is 0 Å². The quantitative estimate of drug-likeness (QED) is 0.585. The molecule has 0 bridgehead atoms. The Kier molecular flexibility index (Phi) is 8.91. The number of nitrogens with zero attached hydrogens (tertiary/aromatic N) is 3. The van der Waals surface area contributed by atoms with Gasteiger partial charge in [0.25, 0.3) is 0 Å². The molecule has 0 atom stereocenters. The normalized spacial score (nSPS) is 15.0. The van der Waals surface area contributed by atoms with E-state index in [0.29, 0.717) is 39.5 Å². The summed E-state index contributed by atoms with van der Waals surface area (Å²) in [5, 5.41) is 3.36. The van der Waals surface area contributed by atoms with Gasteiger partial charge in [0.05, 0.1) is 19.8 Å². The molecule has 7 heteroatoms. The van der Waals surface area contributed by atoms with Gasteiger partial charge in [-0.3, -0.25) is 0 Å². The van der Waals surface area contributed by atoms with Crippen molar-refractivity contribution >= 4 is 12.1 Å². The first kappa shape index (κ1) is 21.0. The van der Waals surface area contributed by atoms with E-state index in [0.717, 1.165) is 25.6 Å². The van der Waals surface area contributed by atoms with Gasteiger partial charge >= 0.3 is 6.09 Å². The van der Waals surface area contributed by atoms with E-state index in [9.17, 15) is 4.79 Å². The summed E-state index contributed by atoms with van der Waals surface area (Å²) < 4.78 is 10.6. The first-order valence-electron chi connectivity index (χ1n) is 9.79. The Balaban J connectivity index is 2.00. The molecule has 0 saturated carbocycles. The Bertz CT molecular complexity index is 613. The predicted molar refractivity (Wildman–Crippen MR) is 107 cm³/mol. The van der Waals surface area contributed by atoms with Crippen LogP contribution in [0.15, 0.2) is 29.3 Å². The lowest BCUT2D eigenvalue weighted by Crippen LogP contribution is -2.53. The topological polar surface area (TPSA) is 66.4 Å². The van der Waals surface area contributed by atoms with Crippen molar-refractivity contribution in [2.45, 2.75) is 33.9 Å². The van der Waals surface area contributed by atoms with Gasteiger partial charge in [-0.25, -0.2) is 9.79 Å². The summed E-state index contributed by atoms with van der Waals surface area (Å²) in [6.07, 6.45) is -0.232. The summed E-state index contributed by atoms with van der Waals surface area (Å²) in [7, 11) is 0. The third-order valence-corrected chi connectivity index (χ3v) is 4.42. The minimum Gasteiger partial charge on any atom is -0.450 e. The van der Waals surface area contributed by atoms with Gasteiger partial charge < -0.3 is 24.6 Å². The molecule has 1 aromatic carbocycles. The molecule has 1 aromatic rings. The molecule has 1 saturated heterocycles. The van der Waals surface area contributed by atoms with Crippen molar-refractivity contribution in [1.29, 1.82) is 0 Å². The Morgan fingerprint density at radius 2 is 1.70 bits per heavy atom. The molecule has 1 N–H and O–H groups in total. The molecule has 150 valence electrons. The van der Waals surface area contributed by atoms with Crippen LogP contribution in [0, 0.1) is 0 Å². The second-order valence-corrected chi connectivity index (χ2v) is 6.25. The molecular weight excluding hydrogens is 344 g/mol. The van der Waals surface area contributed by atoms with Gasteiger partial charge in [-0.2, -0.15) is 0 Å². The maximum atomic E-state index is 11.9. The van der Waals surface area contributed by atoms with E-state index in [-0.39, 0.29) is 6.09 Å². The number of ether oxygens (including phenoxy) is 2. The van der Waals surface area contributed by atoms with Crippen LogP contribution in [0.3, 0.4) is 0 Å². The van der Waals surface area contributed by atoms with Gasteiger partial charge in [0.2, 0.25) is 0 Å². The zero-order valence-electron chi connectivity index (χ0n) is 16.7. The second-order valence-electron chi connectivity index (χ2n) is 6.25. The largest absolute Gasteiger partial charge is 0.450 e. The number of carbonyl (C=O) groups excluding carboxylic acids is 1. The van der Waals surface area contributed by atoms with Gasteiger partial charge in [0.15, 0.2) is 5.96 Å². The number of carbonyl (C=O) groups is 1. The van der Waals surface area contributed by atoms with Crippen LogP contribution in [0.4, 0.5) is 4.79 Å². The Morgan fingerprint density at radius 3 is 2.33 bits per heavy atom. The summed E-state index contributed by atoms with van der Waals surface area (Å²) in [6.45, 7) is 11.8. The van der Waals surface area contributed by atoms with Crippen LogP contribution in [-0.2, 0) is 22.6 Å². The van der Waals surface area contributed by atoms with Crippen molar-refractivity contribution in [3.05, 3.63) is 35.4 Å². The lowest BCUT2D eigenvalue weighted by Gasteiger charge is -2.35. The molecule has 0 radical (unpaired) electrons. The van der Waals surface area contributed by atoms with Crippen molar-refractivity contribution in [2.24, 2.45) is 4.99 Å². The van der Waals surface area contributed by atoms with Crippen LogP contribution in [0.5, 0.6) is 0 Å². The first-order valence-corrected chi connectivity index (χ1v) is 9.79. The first-order chi connectivity index (χ1) is 13.2. The Labute approximate surface area is 162 Å². The smallest absolute Gasteiger partial charge is 0.409 e. The summed E-state index contributed by atoms with van der Waals surface area (Å²) in [6, 6.07) is 8.25. The van der Waals surface area contributed by atoms with Gasteiger partial charge in [-0.05, 0) is 31.9 Å². The van der Waals surface area contributed by atoms with Crippen LogP contribution in [0.2, 0.25) is 0 Å². The number of hydrogen-bond donors (Lipinski definition) is 1. The van der Waals surface area contributed by atoms with Crippen LogP contribution >= 0.6 is 0 Å². The van der Waals surface area contributed by atoms with E-state index in [2.05, 4.69) is 29.3 Å². The van der Waals surface area contributed by atoms with E-state index >= 15 is 0 Å². The zero-order chi connectivity index (χ0) is 19.5. The number of hydrogen-bond acceptors (Lipinski definition) is 4. The number of amides is 1. The average molecular weight is 377 g/mol. The van der Waals surface area contributed by atoms with Crippen LogP contribution < -0.4 is 5.32 Å². The molecule has 0 aliphatic carbocycles.